The molecule has 0 aliphatic carbocycles. The van der Waals surface area contributed by atoms with E-state index in [0.29, 0.717) is 17.2 Å². The van der Waals surface area contributed by atoms with Gasteiger partial charge in [-0.15, -0.1) is 0 Å². The normalized spacial score (nSPS) is 11.0. The number of amides is 1. The van der Waals surface area contributed by atoms with E-state index in [1.807, 2.05) is 67.9 Å². The molecule has 0 unspecified atom stereocenters. The number of rotatable bonds is 6. The number of hydrogen-bond donors (Lipinski definition) is 2. The summed E-state index contributed by atoms with van der Waals surface area (Å²) in [7, 11) is 1.96. The standard InChI is InChI=1S/C23H22BrN5O2/c1-14(2)26-22(30)20-13-18(10-11-25-20)31-17-8-9-21-19(12-17)28-23(29(21)3)27-16-6-4-15(24)5-7-16/h4-14H,1-3H3,(H,26,30)(H,27,28). The van der Waals surface area contributed by atoms with Crippen LogP contribution in [-0.2, 0) is 7.05 Å². The molecule has 0 atom stereocenters. The highest BCUT2D eigenvalue weighted by Crippen LogP contribution is 2.28. The molecule has 0 aliphatic rings. The van der Waals surface area contributed by atoms with Crippen molar-refractivity contribution in [3.63, 3.8) is 0 Å². The fourth-order valence-electron chi connectivity index (χ4n) is 3.09. The number of nitrogens with zero attached hydrogens (tertiary/aromatic N) is 3. The predicted molar refractivity (Wildman–Crippen MR) is 125 cm³/mol. The fraction of sp³-hybridized carbons (Fsp3) is 0.174. The SMILES string of the molecule is CC(C)NC(=O)c1cc(Oc2ccc3c(c2)nc(Nc2ccc(Br)cc2)n3C)ccn1. The minimum atomic E-state index is -0.232. The molecule has 0 fully saturated rings. The molecule has 4 rings (SSSR count). The van der Waals surface area contributed by atoms with Gasteiger partial charge < -0.3 is 19.9 Å². The zero-order valence-electron chi connectivity index (χ0n) is 17.4. The molecule has 2 aromatic heterocycles. The van der Waals surface area contributed by atoms with E-state index in [1.54, 1.807) is 18.3 Å². The number of halogens is 1. The molecule has 0 radical (unpaired) electrons. The number of hydrogen-bond acceptors (Lipinski definition) is 5. The number of aromatic nitrogens is 3. The Kier molecular flexibility index (Phi) is 5.90. The van der Waals surface area contributed by atoms with E-state index < -0.39 is 0 Å². The summed E-state index contributed by atoms with van der Waals surface area (Å²) in [6, 6.07) is 17.0. The summed E-state index contributed by atoms with van der Waals surface area (Å²) in [4.78, 5) is 21.0. The number of anilines is 2. The number of imidazole rings is 1. The number of nitrogens with one attached hydrogen (secondary N) is 2. The number of benzene rings is 2. The van der Waals surface area contributed by atoms with Gasteiger partial charge in [-0.3, -0.25) is 9.78 Å². The lowest BCUT2D eigenvalue weighted by Crippen LogP contribution is -2.30. The maximum atomic E-state index is 12.2. The summed E-state index contributed by atoms with van der Waals surface area (Å²) in [5.74, 6) is 1.66. The first-order chi connectivity index (χ1) is 14.9. The molecule has 7 nitrogen and oxygen atoms in total. The van der Waals surface area contributed by atoms with Crippen LogP contribution in [0.25, 0.3) is 11.0 Å². The Morgan fingerprint density at radius 1 is 1.06 bits per heavy atom. The quantitative estimate of drug-likeness (QED) is 0.386. The molecule has 0 saturated carbocycles. The number of pyridine rings is 1. The molecule has 0 aliphatic heterocycles. The van der Waals surface area contributed by atoms with Crippen molar-refractivity contribution in [1.82, 2.24) is 19.9 Å². The highest BCUT2D eigenvalue weighted by Gasteiger charge is 2.12. The van der Waals surface area contributed by atoms with Crippen molar-refractivity contribution >= 4 is 44.5 Å². The Labute approximate surface area is 188 Å². The smallest absolute Gasteiger partial charge is 0.270 e. The molecule has 0 bridgehead atoms. The van der Waals surface area contributed by atoms with Crippen LogP contribution in [-0.4, -0.2) is 26.5 Å². The maximum Gasteiger partial charge on any atom is 0.270 e. The van der Waals surface area contributed by atoms with Gasteiger partial charge in [0.05, 0.1) is 11.0 Å². The van der Waals surface area contributed by atoms with Gasteiger partial charge in [-0.1, -0.05) is 15.9 Å². The molecule has 0 saturated heterocycles. The molecule has 8 heteroatoms. The van der Waals surface area contributed by atoms with E-state index in [1.165, 1.54) is 0 Å². The van der Waals surface area contributed by atoms with Crippen molar-refractivity contribution in [2.75, 3.05) is 5.32 Å². The summed E-state index contributed by atoms with van der Waals surface area (Å²) in [6.07, 6.45) is 1.56. The minimum absolute atomic E-state index is 0.0330. The van der Waals surface area contributed by atoms with Crippen LogP contribution in [0, 0.1) is 0 Å². The topological polar surface area (TPSA) is 81.1 Å². The first-order valence-corrected chi connectivity index (χ1v) is 10.6. The third-order valence-corrected chi connectivity index (χ3v) is 5.10. The predicted octanol–water partition coefficient (Wildman–Crippen LogP) is 5.40. The molecule has 158 valence electrons. The van der Waals surface area contributed by atoms with E-state index in [0.717, 1.165) is 27.1 Å². The number of ether oxygens (including phenoxy) is 1. The highest BCUT2D eigenvalue weighted by atomic mass is 79.9. The van der Waals surface area contributed by atoms with E-state index in [2.05, 4.69) is 31.5 Å². The van der Waals surface area contributed by atoms with Gasteiger partial charge in [-0.05, 0) is 56.3 Å². The van der Waals surface area contributed by atoms with E-state index in [9.17, 15) is 4.79 Å². The average molecular weight is 480 g/mol. The largest absolute Gasteiger partial charge is 0.457 e. The van der Waals surface area contributed by atoms with Crippen molar-refractivity contribution in [1.29, 1.82) is 0 Å². The monoisotopic (exact) mass is 479 g/mol. The second-order valence-corrected chi connectivity index (χ2v) is 8.30. The van der Waals surface area contributed by atoms with Crippen molar-refractivity contribution in [2.24, 2.45) is 7.05 Å². The van der Waals surface area contributed by atoms with Crippen LogP contribution in [0.5, 0.6) is 11.5 Å². The highest BCUT2D eigenvalue weighted by molar-refractivity contribution is 9.10. The Hall–Kier alpha value is -3.39. The number of fused-ring (bicyclic) bond motifs is 1. The zero-order valence-corrected chi connectivity index (χ0v) is 19.0. The van der Waals surface area contributed by atoms with Gasteiger partial charge in [0.1, 0.15) is 17.2 Å². The van der Waals surface area contributed by atoms with Crippen molar-refractivity contribution in [3.05, 3.63) is 71.0 Å². The van der Waals surface area contributed by atoms with Gasteiger partial charge in [0, 0.05) is 41.6 Å². The van der Waals surface area contributed by atoms with E-state index in [-0.39, 0.29) is 11.9 Å². The van der Waals surface area contributed by atoms with E-state index >= 15 is 0 Å². The molecule has 4 aromatic rings. The van der Waals surface area contributed by atoms with Gasteiger partial charge >= 0.3 is 0 Å². The molecule has 0 spiro atoms. The lowest BCUT2D eigenvalue weighted by Gasteiger charge is -2.09. The fourth-order valence-corrected chi connectivity index (χ4v) is 3.35. The first-order valence-electron chi connectivity index (χ1n) is 9.83. The van der Waals surface area contributed by atoms with Gasteiger partial charge in [-0.2, -0.15) is 0 Å². The van der Waals surface area contributed by atoms with E-state index in [4.69, 9.17) is 9.72 Å². The molecule has 1 amide bonds. The summed E-state index contributed by atoms with van der Waals surface area (Å²) in [6.45, 7) is 3.81. The minimum Gasteiger partial charge on any atom is -0.457 e. The summed E-state index contributed by atoms with van der Waals surface area (Å²) in [5.41, 5.74) is 3.03. The summed E-state index contributed by atoms with van der Waals surface area (Å²) >= 11 is 3.44. The van der Waals surface area contributed by atoms with Crippen LogP contribution in [0.4, 0.5) is 11.6 Å². The van der Waals surface area contributed by atoms with Gasteiger partial charge in [0.2, 0.25) is 5.95 Å². The lowest BCUT2D eigenvalue weighted by atomic mass is 10.3. The molecule has 2 heterocycles. The second kappa shape index (κ2) is 8.77. The molecule has 2 aromatic carbocycles. The Morgan fingerprint density at radius 2 is 1.81 bits per heavy atom. The van der Waals surface area contributed by atoms with Crippen LogP contribution in [0.3, 0.4) is 0 Å². The van der Waals surface area contributed by atoms with Crippen LogP contribution in [0.1, 0.15) is 24.3 Å². The summed E-state index contributed by atoms with van der Waals surface area (Å²) in [5, 5.41) is 6.16. The molecular weight excluding hydrogens is 458 g/mol. The van der Waals surface area contributed by atoms with Gasteiger partial charge in [0.25, 0.3) is 5.91 Å². The third kappa shape index (κ3) is 4.86. The lowest BCUT2D eigenvalue weighted by molar-refractivity contribution is 0.0937. The molecule has 2 N–H and O–H groups in total. The molecular formula is C23H22BrN5O2. The maximum absolute atomic E-state index is 12.2. The number of aryl methyl sites for hydroxylation is 1. The van der Waals surface area contributed by atoms with Crippen LogP contribution >= 0.6 is 15.9 Å². The first kappa shape index (κ1) is 20.9. The summed E-state index contributed by atoms with van der Waals surface area (Å²) < 4.78 is 8.98. The Bertz CT molecular complexity index is 1230. The van der Waals surface area contributed by atoms with Gasteiger partial charge in [0.15, 0.2) is 0 Å². The van der Waals surface area contributed by atoms with Crippen molar-refractivity contribution in [3.8, 4) is 11.5 Å². The van der Waals surface area contributed by atoms with Crippen LogP contribution in [0.2, 0.25) is 0 Å². The van der Waals surface area contributed by atoms with Gasteiger partial charge in [-0.25, -0.2) is 4.98 Å². The second-order valence-electron chi connectivity index (χ2n) is 7.38. The zero-order chi connectivity index (χ0) is 22.0. The third-order valence-electron chi connectivity index (χ3n) is 4.57. The van der Waals surface area contributed by atoms with Crippen LogP contribution in [0.15, 0.2) is 65.3 Å². The van der Waals surface area contributed by atoms with Crippen LogP contribution < -0.4 is 15.4 Å². The average Bonchev–Trinajstić information content (AvgIpc) is 3.04. The Balaban J connectivity index is 1.56. The van der Waals surface area contributed by atoms with Crippen molar-refractivity contribution in [2.45, 2.75) is 19.9 Å². The number of carbonyl (C=O) groups is 1. The Morgan fingerprint density at radius 3 is 2.55 bits per heavy atom. The number of carbonyl (C=O) groups excluding carboxylic acids is 1. The molecule has 31 heavy (non-hydrogen) atoms. The van der Waals surface area contributed by atoms with Crippen molar-refractivity contribution < 1.29 is 9.53 Å².